The number of nitrogens with one attached hydrogen (secondary N) is 1. The quantitative estimate of drug-likeness (QED) is 0.903. The van der Waals surface area contributed by atoms with Crippen LogP contribution in [0.25, 0.3) is 0 Å². The van der Waals surface area contributed by atoms with Gasteiger partial charge in [-0.05, 0) is 54.5 Å². The van der Waals surface area contributed by atoms with Gasteiger partial charge >= 0.3 is 0 Å². The molecule has 0 fully saturated rings. The van der Waals surface area contributed by atoms with Crippen molar-refractivity contribution in [3.05, 3.63) is 21.7 Å². The minimum atomic E-state index is 0.763. The van der Waals surface area contributed by atoms with Crippen molar-refractivity contribution in [2.24, 2.45) is 0 Å². The van der Waals surface area contributed by atoms with Crippen molar-refractivity contribution >= 4 is 15.9 Å². The molecule has 0 heterocycles. The maximum Gasteiger partial charge on any atom is 0.175 e. The van der Waals surface area contributed by atoms with E-state index in [0.717, 1.165) is 28.9 Å². The Morgan fingerprint density at radius 3 is 2.38 bits per heavy atom. The molecule has 1 aromatic rings. The van der Waals surface area contributed by atoms with Gasteiger partial charge in [0.2, 0.25) is 0 Å². The lowest BCUT2D eigenvalue weighted by molar-refractivity contribution is 0.349. The maximum atomic E-state index is 5.44. The Bertz CT molecular complexity index is 367. The molecule has 90 valence electrons. The van der Waals surface area contributed by atoms with Crippen LogP contribution in [0.5, 0.6) is 11.5 Å². The van der Waals surface area contributed by atoms with Crippen LogP contribution in [-0.2, 0) is 6.42 Å². The van der Waals surface area contributed by atoms with Gasteiger partial charge in [-0.1, -0.05) is 0 Å². The van der Waals surface area contributed by atoms with Crippen molar-refractivity contribution in [3.8, 4) is 11.5 Å². The SMILES string of the molecule is CNCCc1c(C)cc(Br)c(OC)c1OC. The molecule has 0 saturated heterocycles. The largest absolute Gasteiger partial charge is 0.493 e. The molecule has 0 radical (unpaired) electrons. The number of halogens is 1. The van der Waals surface area contributed by atoms with Gasteiger partial charge in [0.25, 0.3) is 0 Å². The first kappa shape index (κ1) is 13.3. The minimum Gasteiger partial charge on any atom is -0.493 e. The predicted molar refractivity (Wildman–Crippen MR) is 69.6 cm³/mol. The third-order valence-corrected chi connectivity index (χ3v) is 3.14. The van der Waals surface area contributed by atoms with Gasteiger partial charge in [-0.2, -0.15) is 0 Å². The molecule has 0 bridgehead atoms. The molecule has 16 heavy (non-hydrogen) atoms. The molecule has 0 aliphatic carbocycles. The number of rotatable bonds is 5. The normalized spacial score (nSPS) is 10.3. The third kappa shape index (κ3) is 2.68. The highest BCUT2D eigenvalue weighted by atomic mass is 79.9. The summed E-state index contributed by atoms with van der Waals surface area (Å²) in [5, 5.41) is 3.14. The second-order valence-corrected chi connectivity index (χ2v) is 4.43. The van der Waals surface area contributed by atoms with Crippen LogP contribution in [0.2, 0.25) is 0 Å². The lowest BCUT2D eigenvalue weighted by Crippen LogP contribution is -2.12. The van der Waals surface area contributed by atoms with E-state index >= 15 is 0 Å². The number of benzene rings is 1. The molecule has 0 amide bonds. The highest BCUT2D eigenvalue weighted by Crippen LogP contribution is 2.40. The Kier molecular flexibility index (Phi) is 5.09. The van der Waals surface area contributed by atoms with Gasteiger partial charge in [0.1, 0.15) is 0 Å². The Labute approximate surface area is 105 Å². The molecule has 0 saturated carbocycles. The molecule has 0 aliphatic rings. The summed E-state index contributed by atoms with van der Waals surface area (Å²) in [6, 6.07) is 2.06. The fraction of sp³-hybridized carbons (Fsp3) is 0.500. The van der Waals surface area contributed by atoms with Crippen LogP contribution >= 0.6 is 15.9 Å². The van der Waals surface area contributed by atoms with Gasteiger partial charge < -0.3 is 14.8 Å². The van der Waals surface area contributed by atoms with Gasteiger partial charge in [-0.25, -0.2) is 0 Å². The van der Waals surface area contributed by atoms with Crippen molar-refractivity contribution in [2.45, 2.75) is 13.3 Å². The average Bonchev–Trinajstić information content (AvgIpc) is 2.27. The molecule has 0 atom stereocenters. The van der Waals surface area contributed by atoms with E-state index in [1.54, 1.807) is 14.2 Å². The molecule has 0 aliphatic heterocycles. The third-order valence-electron chi connectivity index (χ3n) is 2.55. The van der Waals surface area contributed by atoms with Crippen LogP contribution in [0.1, 0.15) is 11.1 Å². The molecule has 3 nitrogen and oxygen atoms in total. The van der Waals surface area contributed by atoms with Crippen molar-refractivity contribution < 1.29 is 9.47 Å². The first-order valence-electron chi connectivity index (χ1n) is 5.20. The molecule has 0 aromatic heterocycles. The number of likely N-dealkylation sites (N-methyl/N-ethyl adjacent to an activating group) is 1. The number of hydrogen-bond acceptors (Lipinski definition) is 3. The molecule has 0 unspecified atom stereocenters. The van der Waals surface area contributed by atoms with Crippen LogP contribution in [0, 0.1) is 6.92 Å². The van der Waals surface area contributed by atoms with Crippen molar-refractivity contribution in [1.82, 2.24) is 5.32 Å². The Morgan fingerprint density at radius 2 is 1.88 bits per heavy atom. The standard InChI is InChI=1S/C12H18BrNO2/c1-8-7-10(13)12(16-4)11(15-3)9(8)5-6-14-2/h7,14H,5-6H2,1-4H3. The minimum absolute atomic E-state index is 0.763. The zero-order valence-corrected chi connectivity index (χ0v) is 11.8. The van der Waals surface area contributed by atoms with Gasteiger partial charge in [0.05, 0.1) is 18.7 Å². The van der Waals surface area contributed by atoms with Crippen molar-refractivity contribution in [3.63, 3.8) is 0 Å². The van der Waals surface area contributed by atoms with E-state index in [1.807, 2.05) is 7.05 Å². The average molecular weight is 288 g/mol. The Hall–Kier alpha value is -0.740. The first-order valence-corrected chi connectivity index (χ1v) is 5.99. The molecule has 1 aromatic carbocycles. The van der Waals surface area contributed by atoms with E-state index in [9.17, 15) is 0 Å². The Morgan fingerprint density at radius 1 is 1.25 bits per heavy atom. The topological polar surface area (TPSA) is 30.5 Å². The van der Waals surface area contributed by atoms with Gasteiger partial charge in [0.15, 0.2) is 11.5 Å². The smallest absolute Gasteiger partial charge is 0.175 e. The van der Waals surface area contributed by atoms with Gasteiger partial charge in [-0.15, -0.1) is 0 Å². The van der Waals surface area contributed by atoms with E-state index in [2.05, 4.69) is 34.2 Å². The first-order chi connectivity index (χ1) is 7.65. The second kappa shape index (κ2) is 6.11. The summed E-state index contributed by atoms with van der Waals surface area (Å²) >= 11 is 3.48. The van der Waals surface area contributed by atoms with E-state index in [4.69, 9.17) is 9.47 Å². The van der Waals surface area contributed by atoms with Gasteiger partial charge in [0, 0.05) is 5.56 Å². The predicted octanol–water partition coefficient (Wildman–Crippen LogP) is 2.54. The fourth-order valence-corrected chi connectivity index (χ4v) is 2.42. The number of aryl methyl sites for hydroxylation is 1. The summed E-state index contributed by atoms with van der Waals surface area (Å²) in [4.78, 5) is 0. The summed E-state index contributed by atoms with van der Waals surface area (Å²) in [7, 11) is 5.27. The fourth-order valence-electron chi connectivity index (χ4n) is 1.73. The van der Waals surface area contributed by atoms with Crippen LogP contribution in [0.4, 0.5) is 0 Å². The van der Waals surface area contributed by atoms with E-state index in [0.29, 0.717) is 0 Å². The summed E-state index contributed by atoms with van der Waals surface area (Å²) in [5.74, 6) is 1.59. The highest BCUT2D eigenvalue weighted by Gasteiger charge is 2.16. The molecule has 4 heteroatoms. The lowest BCUT2D eigenvalue weighted by Gasteiger charge is -2.16. The van der Waals surface area contributed by atoms with E-state index in [-0.39, 0.29) is 0 Å². The van der Waals surface area contributed by atoms with Crippen LogP contribution < -0.4 is 14.8 Å². The molecular formula is C12H18BrNO2. The number of methoxy groups -OCH3 is 2. The van der Waals surface area contributed by atoms with Crippen molar-refractivity contribution in [1.29, 1.82) is 0 Å². The zero-order valence-electron chi connectivity index (χ0n) is 10.2. The molecule has 0 spiro atoms. The number of ether oxygens (including phenoxy) is 2. The Balaban J connectivity index is 3.22. The summed E-state index contributed by atoms with van der Waals surface area (Å²) in [6.07, 6.45) is 0.926. The summed E-state index contributed by atoms with van der Waals surface area (Å²) in [6.45, 7) is 3.00. The zero-order chi connectivity index (χ0) is 12.1. The molecule has 1 N–H and O–H groups in total. The van der Waals surface area contributed by atoms with Crippen LogP contribution in [-0.4, -0.2) is 27.8 Å². The summed E-state index contributed by atoms with van der Waals surface area (Å²) in [5.41, 5.74) is 2.40. The lowest BCUT2D eigenvalue weighted by atomic mass is 10.0. The van der Waals surface area contributed by atoms with Gasteiger partial charge in [-0.3, -0.25) is 0 Å². The molecular weight excluding hydrogens is 270 g/mol. The monoisotopic (exact) mass is 287 g/mol. The van der Waals surface area contributed by atoms with Crippen molar-refractivity contribution in [2.75, 3.05) is 27.8 Å². The van der Waals surface area contributed by atoms with Crippen LogP contribution in [0.3, 0.4) is 0 Å². The second-order valence-electron chi connectivity index (χ2n) is 3.57. The number of hydrogen-bond donors (Lipinski definition) is 1. The summed E-state index contributed by atoms with van der Waals surface area (Å²) < 4.78 is 11.7. The van der Waals surface area contributed by atoms with E-state index < -0.39 is 0 Å². The molecule has 1 rings (SSSR count). The van der Waals surface area contributed by atoms with E-state index in [1.165, 1.54) is 11.1 Å². The van der Waals surface area contributed by atoms with Crippen LogP contribution in [0.15, 0.2) is 10.5 Å². The highest BCUT2D eigenvalue weighted by molar-refractivity contribution is 9.10. The maximum absolute atomic E-state index is 5.44.